The number of halogens is 2. The van der Waals surface area contributed by atoms with E-state index in [4.69, 9.17) is 22.4 Å². The smallest absolute Gasteiger partial charge is 0.320 e. The highest BCUT2D eigenvalue weighted by molar-refractivity contribution is 9.10. The van der Waals surface area contributed by atoms with Crippen LogP contribution in [0, 0.1) is 0 Å². The monoisotopic (exact) mass is 502 g/mol. The first-order chi connectivity index (χ1) is 14.8. The van der Waals surface area contributed by atoms with Gasteiger partial charge in [0.2, 0.25) is 0 Å². The summed E-state index contributed by atoms with van der Waals surface area (Å²) in [6.07, 6.45) is 6.34. The Labute approximate surface area is 195 Å². The third-order valence-electron chi connectivity index (χ3n) is 5.16. The van der Waals surface area contributed by atoms with E-state index in [0.717, 1.165) is 26.7 Å². The molecule has 1 atom stereocenters. The summed E-state index contributed by atoms with van der Waals surface area (Å²) in [5.74, 6) is -1.13. The summed E-state index contributed by atoms with van der Waals surface area (Å²) in [5, 5.41) is 12.5. The third kappa shape index (κ3) is 6.29. The molecule has 0 heterocycles. The van der Waals surface area contributed by atoms with Gasteiger partial charge in [-0.05, 0) is 72.2 Å². The lowest BCUT2D eigenvalue weighted by Crippen LogP contribution is -2.30. The molecule has 0 radical (unpaired) electrons. The fourth-order valence-corrected chi connectivity index (χ4v) is 4.04. The molecule has 162 valence electrons. The van der Waals surface area contributed by atoms with Gasteiger partial charge in [-0.1, -0.05) is 57.9 Å². The number of carboxylic acids is 1. The van der Waals surface area contributed by atoms with Crippen molar-refractivity contribution < 1.29 is 14.7 Å². The first-order valence-corrected chi connectivity index (χ1v) is 11.2. The van der Waals surface area contributed by atoms with Gasteiger partial charge in [-0.3, -0.25) is 9.59 Å². The van der Waals surface area contributed by atoms with Crippen molar-refractivity contribution in [1.82, 2.24) is 5.32 Å². The number of fused-ring (bicyclic) bond motifs is 1. The SMILES string of the molecule is N[C@@H](CCCCNC(=O)C1=C(/C=C/c2ccc(Cl)cc2)Cc2cc(Br)ccc21)C(=O)O. The van der Waals surface area contributed by atoms with E-state index >= 15 is 0 Å². The van der Waals surface area contributed by atoms with E-state index in [9.17, 15) is 9.59 Å². The summed E-state index contributed by atoms with van der Waals surface area (Å²) in [7, 11) is 0. The summed E-state index contributed by atoms with van der Waals surface area (Å²) >= 11 is 9.46. The van der Waals surface area contributed by atoms with Gasteiger partial charge in [-0.25, -0.2) is 0 Å². The van der Waals surface area contributed by atoms with E-state index in [1.165, 1.54) is 0 Å². The molecule has 7 heteroatoms. The van der Waals surface area contributed by atoms with Crippen LogP contribution in [0.1, 0.15) is 36.0 Å². The number of hydrogen-bond donors (Lipinski definition) is 3. The van der Waals surface area contributed by atoms with Crippen LogP contribution in [-0.2, 0) is 16.0 Å². The van der Waals surface area contributed by atoms with Gasteiger partial charge >= 0.3 is 5.97 Å². The molecule has 0 saturated carbocycles. The number of amides is 1. The van der Waals surface area contributed by atoms with Gasteiger partial charge in [0.05, 0.1) is 5.57 Å². The highest BCUT2D eigenvalue weighted by Gasteiger charge is 2.25. The van der Waals surface area contributed by atoms with E-state index in [0.29, 0.717) is 42.8 Å². The number of benzene rings is 2. The molecule has 0 aromatic heterocycles. The molecule has 0 saturated heterocycles. The van der Waals surface area contributed by atoms with Crippen LogP contribution in [0.2, 0.25) is 5.02 Å². The molecule has 1 amide bonds. The summed E-state index contributed by atoms with van der Waals surface area (Å²) in [4.78, 5) is 23.8. The molecule has 0 aliphatic heterocycles. The first kappa shape index (κ1) is 23.3. The zero-order valence-electron chi connectivity index (χ0n) is 16.9. The van der Waals surface area contributed by atoms with E-state index < -0.39 is 12.0 Å². The maximum atomic E-state index is 13.0. The second-order valence-electron chi connectivity index (χ2n) is 7.46. The number of nitrogens with two attached hydrogens (primary N) is 1. The van der Waals surface area contributed by atoms with Crippen molar-refractivity contribution in [3.63, 3.8) is 0 Å². The van der Waals surface area contributed by atoms with Gasteiger partial charge in [0, 0.05) is 16.0 Å². The molecule has 5 nitrogen and oxygen atoms in total. The second kappa shape index (κ2) is 10.8. The zero-order chi connectivity index (χ0) is 22.4. The van der Waals surface area contributed by atoms with Gasteiger partial charge in [-0.2, -0.15) is 0 Å². The predicted octanol–water partition coefficient (Wildman–Crippen LogP) is 4.82. The van der Waals surface area contributed by atoms with Crippen LogP contribution in [0.5, 0.6) is 0 Å². The summed E-state index contributed by atoms with van der Waals surface area (Å²) in [5.41, 5.74) is 10.2. The normalized spacial score (nSPS) is 14.0. The Bertz CT molecular complexity index is 1030. The van der Waals surface area contributed by atoms with Gasteiger partial charge in [-0.15, -0.1) is 0 Å². The largest absolute Gasteiger partial charge is 0.480 e. The number of hydrogen-bond acceptors (Lipinski definition) is 3. The van der Waals surface area contributed by atoms with Gasteiger partial charge in [0.15, 0.2) is 0 Å². The Hall–Kier alpha value is -2.41. The molecule has 0 spiro atoms. The van der Waals surface area contributed by atoms with E-state index in [2.05, 4.69) is 21.2 Å². The van der Waals surface area contributed by atoms with Crippen molar-refractivity contribution >= 4 is 51.1 Å². The molecule has 3 rings (SSSR count). The van der Waals surface area contributed by atoms with Crippen molar-refractivity contribution in [3.05, 3.63) is 80.3 Å². The Morgan fingerprint density at radius 2 is 1.90 bits per heavy atom. The average Bonchev–Trinajstić information content (AvgIpc) is 3.10. The van der Waals surface area contributed by atoms with E-state index in [1.54, 1.807) is 0 Å². The Balaban J connectivity index is 1.72. The van der Waals surface area contributed by atoms with E-state index in [-0.39, 0.29) is 5.91 Å². The van der Waals surface area contributed by atoms with Crippen molar-refractivity contribution in [2.75, 3.05) is 6.54 Å². The van der Waals surface area contributed by atoms with Crippen LogP contribution in [0.25, 0.3) is 11.6 Å². The lowest BCUT2D eigenvalue weighted by atomic mass is 10.0. The number of carboxylic acid groups (broad SMARTS) is 1. The number of nitrogens with one attached hydrogen (secondary N) is 1. The minimum Gasteiger partial charge on any atom is -0.480 e. The van der Waals surface area contributed by atoms with Crippen molar-refractivity contribution in [3.8, 4) is 0 Å². The lowest BCUT2D eigenvalue weighted by molar-refractivity contribution is -0.138. The number of aliphatic carboxylic acids is 1. The number of carbonyl (C=O) groups excluding carboxylic acids is 1. The van der Waals surface area contributed by atoms with Gasteiger partial charge in [0.1, 0.15) is 6.04 Å². The second-order valence-corrected chi connectivity index (χ2v) is 8.81. The molecule has 0 fully saturated rings. The Morgan fingerprint density at radius 1 is 1.16 bits per heavy atom. The predicted molar refractivity (Wildman–Crippen MR) is 128 cm³/mol. The highest BCUT2D eigenvalue weighted by atomic mass is 79.9. The number of rotatable bonds is 9. The molecule has 2 aromatic rings. The molecule has 0 bridgehead atoms. The molecule has 0 unspecified atom stereocenters. The zero-order valence-corrected chi connectivity index (χ0v) is 19.2. The topological polar surface area (TPSA) is 92.4 Å². The van der Waals surface area contributed by atoms with Crippen molar-refractivity contribution in [2.24, 2.45) is 5.73 Å². The highest BCUT2D eigenvalue weighted by Crippen LogP contribution is 2.35. The van der Waals surface area contributed by atoms with Crippen LogP contribution >= 0.6 is 27.5 Å². The van der Waals surface area contributed by atoms with E-state index in [1.807, 2.05) is 54.6 Å². The fraction of sp³-hybridized carbons (Fsp3) is 0.250. The van der Waals surface area contributed by atoms with Crippen molar-refractivity contribution in [1.29, 1.82) is 0 Å². The van der Waals surface area contributed by atoms with Crippen LogP contribution in [0.15, 0.2) is 58.6 Å². The fourth-order valence-electron chi connectivity index (χ4n) is 3.50. The minimum absolute atomic E-state index is 0.126. The Kier molecular flexibility index (Phi) is 8.07. The molecular formula is C24H24BrClN2O3. The summed E-state index contributed by atoms with van der Waals surface area (Å²) in [6.45, 7) is 0.467. The van der Waals surface area contributed by atoms with Gasteiger partial charge < -0.3 is 16.2 Å². The standard InChI is InChI=1S/C24H24BrClN2O3/c25-18-8-11-20-17(14-18)13-16(7-4-15-5-9-19(26)10-6-15)22(20)23(29)28-12-2-1-3-21(27)24(30)31/h4-11,14,21H,1-3,12-13,27H2,(H,28,29)(H,30,31)/b7-4+/t21-/m0/s1. The third-order valence-corrected chi connectivity index (χ3v) is 5.90. The Morgan fingerprint density at radius 3 is 2.61 bits per heavy atom. The molecule has 1 aliphatic carbocycles. The maximum Gasteiger partial charge on any atom is 0.320 e. The minimum atomic E-state index is -1.000. The summed E-state index contributed by atoms with van der Waals surface area (Å²) < 4.78 is 0.976. The van der Waals surface area contributed by atoms with Crippen molar-refractivity contribution in [2.45, 2.75) is 31.7 Å². The molecule has 1 aliphatic rings. The molecule has 4 N–H and O–H groups in total. The molecular weight excluding hydrogens is 480 g/mol. The maximum absolute atomic E-state index is 13.0. The van der Waals surface area contributed by atoms with Crippen LogP contribution in [-0.4, -0.2) is 29.6 Å². The number of allylic oxidation sites excluding steroid dienone is 2. The molecule has 31 heavy (non-hydrogen) atoms. The number of carbonyl (C=O) groups is 2. The van der Waals surface area contributed by atoms with Crippen LogP contribution in [0.4, 0.5) is 0 Å². The average molecular weight is 504 g/mol. The summed E-state index contributed by atoms with van der Waals surface area (Å²) in [6, 6.07) is 12.6. The van der Waals surface area contributed by atoms with Crippen LogP contribution < -0.4 is 11.1 Å². The number of unbranched alkanes of at least 4 members (excludes halogenated alkanes) is 1. The molecule has 2 aromatic carbocycles. The van der Waals surface area contributed by atoms with Gasteiger partial charge in [0.25, 0.3) is 5.91 Å². The first-order valence-electron chi connectivity index (χ1n) is 10.1. The quantitative estimate of drug-likeness (QED) is 0.428. The van der Waals surface area contributed by atoms with Crippen LogP contribution in [0.3, 0.4) is 0 Å². The lowest BCUT2D eigenvalue weighted by Gasteiger charge is -2.10.